The van der Waals surface area contributed by atoms with Crippen LogP contribution in [0.1, 0.15) is 32.3 Å². The summed E-state index contributed by atoms with van der Waals surface area (Å²) in [7, 11) is 0. The molecular weight excluding hydrogens is 320 g/mol. The zero-order valence-corrected chi connectivity index (χ0v) is 14.5. The molecule has 1 aromatic carbocycles. The molecule has 1 aromatic rings. The molecule has 0 radical (unpaired) electrons. The van der Waals surface area contributed by atoms with E-state index in [0.717, 1.165) is 12.8 Å². The lowest BCUT2D eigenvalue weighted by atomic mass is 10.1. The molecule has 0 aliphatic heterocycles. The zero-order valence-electron chi connectivity index (χ0n) is 14.5. The molecule has 1 saturated carbocycles. The highest BCUT2D eigenvalue weighted by molar-refractivity contribution is 5.98. The molecule has 0 bridgehead atoms. The minimum atomic E-state index is -0.814. The second kappa shape index (κ2) is 8.88. The van der Waals surface area contributed by atoms with Gasteiger partial charge in [0.1, 0.15) is 17.4 Å². The molecule has 1 amide bonds. The van der Waals surface area contributed by atoms with E-state index >= 15 is 0 Å². The van der Waals surface area contributed by atoms with Crippen LogP contribution >= 0.6 is 0 Å². The Labute approximate surface area is 147 Å². The number of nitrogens with one attached hydrogen (secondary N) is 1. The Morgan fingerprint density at radius 3 is 2.60 bits per heavy atom. The minimum Gasteiger partial charge on any atom is -0.494 e. The Kier molecular flexibility index (Phi) is 6.58. The van der Waals surface area contributed by atoms with Crippen LogP contribution in [0.2, 0.25) is 0 Å². The van der Waals surface area contributed by atoms with Gasteiger partial charge in [0, 0.05) is 6.04 Å². The quantitative estimate of drug-likeness (QED) is 0.445. The van der Waals surface area contributed by atoms with Crippen LogP contribution in [0.25, 0.3) is 6.08 Å². The van der Waals surface area contributed by atoms with E-state index in [-0.39, 0.29) is 17.5 Å². The summed E-state index contributed by atoms with van der Waals surface area (Å²) in [6.45, 7) is 3.99. The maximum atomic E-state index is 12.0. The molecule has 1 fully saturated rings. The number of carbonyl (C=O) groups excluding carboxylic acids is 2. The Bertz CT molecular complexity index is 684. The van der Waals surface area contributed by atoms with Gasteiger partial charge in [-0.25, -0.2) is 4.79 Å². The second-order valence-electron chi connectivity index (χ2n) is 5.94. The number of hydrogen-bond donors (Lipinski definition) is 1. The molecule has 2 rings (SSSR count). The number of nitrogens with zero attached hydrogens (tertiary/aromatic N) is 1. The molecule has 0 unspecified atom stereocenters. The number of hydrogen-bond acceptors (Lipinski definition) is 5. The SMILES string of the molecule is CCOc1ccc(/C=C(\C#N)C(=O)OCC(=O)N[C@H](C)C2CC2)cc1. The van der Waals surface area contributed by atoms with Gasteiger partial charge in [0.15, 0.2) is 6.61 Å². The van der Waals surface area contributed by atoms with Gasteiger partial charge in [-0.2, -0.15) is 5.26 Å². The van der Waals surface area contributed by atoms with Crippen molar-refractivity contribution in [3.05, 3.63) is 35.4 Å². The summed E-state index contributed by atoms with van der Waals surface area (Å²) in [5.41, 5.74) is 0.510. The molecule has 0 aromatic heterocycles. The van der Waals surface area contributed by atoms with Crippen molar-refractivity contribution >= 4 is 18.0 Å². The fraction of sp³-hybridized carbons (Fsp3) is 0.421. The lowest BCUT2D eigenvalue weighted by molar-refractivity contribution is -0.144. The number of rotatable bonds is 8. The van der Waals surface area contributed by atoms with E-state index in [1.165, 1.54) is 6.08 Å². The van der Waals surface area contributed by atoms with E-state index in [0.29, 0.717) is 23.8 Å². The first-order valence-corrected chi connectivity index (χ1v) is 8.34. The summed E-state index contributed by atoms with van der Waals surface area (Å²) in [5.74, 6) is 0.0628. The van der Waals surface area contributed by atoms with Crippen molar-refractivity contribution in [1.29, 1.82) is 5.26 Å². The summed E-state index contributed by atoms with van der Waals surface area (Å²) in [6.07, 6.45) is 3.65. The maximum absolute atomic E-state index is 12.0. The van der Waals surface area contributed by atoms with Crippen molar-refractivity contribution < 1.29 is 19.1 Å². The number of ether oxygens (including phenoxy) is 2. The first kappa shape index (κ1) is 18.5. The van der Waals surface area contributed by atoms with Crippen molar-refractivity contribution in [2.75, 3.05) is 13.2 Å². The number of nitriles is 1. The lowest BCUT2D eigenvalue weighted by Gasteiger charge is -2.12. The van der Waals surface area contributed by atoms with Gasteiger partial charge < -0.3 is 14.8 Å². The lowest BCUT2D eigenvalue weighted by Crippen LogP contribution is -2.37. The molecule has 1 atom stereocenters. The van der Waals surface area contributed by atoms with Gasteiger partial charge in [0.05, 0.1) is 6.61 Å². The molecule has 1 aliphatic carbocycles. The third-order valence-corrected chi connectivity index (χ3v) is 3.89. The highest BCUT2D eigenvalue weighted by Crippen LogP contribution is 2.32. The van der Waals surface area contributed by atoms with Crippen LogP contribution in [-0.2, 0) is 14.3 Å². The van der Waals surface area contributed by atoms with Gasteiger partial charge in [-0.1, -0.05) is 12.1 Å². The van der Waals surface area contributed by atoms with Crippen molar-refractivity contribution in [2.45, 2.75) is 32.7 Å². The minimum absolute atomic E-state index is 0.0843. The van der Waals surface area contributed by atoms with E-state index in [2.05, 4.69) is 5.32 Å². The predicted molar refractivity (Wildman–Crippen MR) is 92.5 cm³/mol. The molecule has 1 N–H and O–H groups in total. The first-order chi connectivity index (χ1) is 12.0. The molecule has 25 heavy (non-hydrogen) atoms. The van der Waals surface area contributed by atoms with Crippen LogP contribution in [0.3, 0.4) is 0 Å². The van der Waals surface area contributed by atoms with E-state index in [4.69, 9.17) is 14.7 Å². The van der Waals surface area contributed by atoms with Crippen molar-refractivity contribution in [3.8, 4) is 11.8 Å². The summed E-state index contributed by atoms with van der Waals surface area (Å²) in [4.78, 5) is 23.7. The van der Waals surface area contributed by atoms with Crippen molar-refractivity contribution in [1.82, 2.24) is 5.32 Å². The average Bonchev–Trinajstić information content (AvgIpc) is 3.44. The Balaban J connectivity index is 1.88. The van der Waals surface area contributed by atoms with Crippen LogP contribution in [0, 0.1) is 17.2 Å². The standard InChI is InChI=1S/C19H22N2O4/c1-3-24-17-8-4-14(5-9-17)10-16(11-20)19(23)25-12-18(22)21-13(2)15-6-7-15/h4-5,8-10,13,15H,3,6-7,12H2,1-2H3,(H,21,22)/b16-10+/t13-/m1/s1. The fourth-order valence-corrected chi connectivity index (χ4v) is 2.35. The monoisotopic (exact) mass is 342 g/mol. The smallest absolute Gasteiger partial charge is 0.349 e. The van der Waals surface area contributed by atoms with Gasteiger partial charge in [-0.05, 0) is 56.4 Å². The van der Waals surface area contributed by atoms with Crippen molar-refractivity contribution in [2.24, 2.45) is 5.92 Å². The predicted octanol–water partition coefficient (Wildman–Crippen LogP) is 2.45. The Hall–Kier alpha value is -2.81. The number of amides is 1. The zero-order chi connectivity index (χ0) is 18.2. The van der Waals surface area contributed by atoms with E-state index in [9.17, 15) is 9.59 Å². The number of esters is 1. The van der Waals surface area contributed by atoms with E-state index in [1.807, 2.05) is 13.8 Å². The maximum Gasteiger partial charge on any atom is 0.349 e. The van der Waals surface area contributed by atoms with Gasteiger partial charge >= 0.3 is 5.97 Å². The van der Waals surface area contributed by atoms with Crippen LogP contribution < -0.4 is 10.1 Å². The Morgan fingerprint density at radius 2 is 2.04 bits per heavy atom. The normalized spacial score (nSPS) is 15.0. The number of carbonyl (C=O) groups is 2. The highest BCUT2D eigenvalue weighted by atomic mass is 16.5. The van der Waals surface area contributed by atoms with Gasteiger partial charge in [0.25, 0.3) is 5.91 Å². The molecule has 1 aliphatic rings. The van der Waals surface area contributed by atoms with Gasteiger partial charge in [-0.3, -0.25) is 4.79 Å². The summed E-state index contributed by atoms with van der Waals surface area (Å²) in [5, 5.41) is 11.9. The largest absolute Gasteiger partial charge is 0.494 e. The van der Waals surface area contributed by atoms with E-state index < -0.39 is 12.6 Å². The van der Waals surface area contributed by atoms with Gasteiger partial charge in [0.2, 0.25) is 0 Å². The van der Waals surface area contributed by atoms with Crippen LogP contribution in [0.4, 0.5) is 0 Å². The molecule has 6 heteroatoms. The third kappa shape index (κ3) is 5.96. The molecule has 0 spiro atoms. The topological polar surface area (TPSA) is 88.4 Å². The van der Waals surface area contributed by atoms with Crippen LogP contribution in [0.15, 0.2) is 29.8 Å². The molecule has 0 heterocycles. The van der Waals surface area contributed by atoms with Gasteiger partial charge in [-0.15, -0.1) is 0 Å². The third-order valence-electron chi connectivity index (χ3n) is 3.89. The molecule has 132 valence electrons. The van der Waals surface area contributed by atoms with Crippen LogP contribution in [-0.4, -0.2) is 31.1 Å². The molecular formula is C19H22N2O4. The summed E-state index contributed by atoms with van der Waals surface area (Å²) in [6, 6.07) is 8.87. The summed E-state index contributed by atoms with van der Waals surface area (Å²) >= 11 is 0. The van der Waals surface area contributed by atoms with E-state index in [1.54, 1.807) is 30.3 Å². The van der Waals surface area contributed by atoms with Crippen LogP contribution in [0.5, 0.6) is 5.75 Å². The Morgan fingerprint density at radius 1 is 1.36 bits per heavy atom. The van der Waals surface area contributed by atoms with Crippen molar-refractivity contribution in [3.63, 3.8) is 0 Å². The summed E-state index contributed by atoms with van der Waals surface area (Å²) < 4.78 is 10.3. The second-order valence-corrected chi connectivity index (χ2v) is 5.94. The molecule has 6 nitrogen and oxygen atoms in total. The average molecular weight is 342 g/mol. The first-order valence-electron chi connectivity index (χ1n) is 8.34. The fourth-order valence-electron chi connectivity index (χ4n) is 2.35. The molecule has 0 saturated heterocycles. The highest BCUT2D eigenvalue weighted by Gasteiger charge is 2.29. The number of benzene rings is 1.